The van der Waals surface area contributed by atoms with Crippen LogP contribution in [0, 0.1) is 11.3 Å². The Morgan fingerprint density at radius 3 is 2.38 bits per heavy atom. The number of hydrogen-bond donors (Lipinski definition) is 3. The molecule has 3 aromatic rings. The second-order valence-corrected chi connectivity index (χ2v) is 5.54. The number of nitrogens with two attached hydrogens (primary N) is 1. The molecule has 4 N–H and O–H groups in total. The van der Waals surface area contributed by atoms with Crippen molar-refractivity contribution in [2.75, 3.05) is 0 Å². The molecular formula is C20H15N4O2+. The van der Waals surface area contributed by atoms with Crippen LogP contribution in [0.1, 0.15) is 27.3 Å². The van der Waals surface area contributed by atoms with Crippen molar-refractivity contribution in [1.29, 1.82) is 5.26 Å². The first kappa shape index (κ1) is 16.9. The number of aromatic nitrogens is 2. The monoisotopic (exact) mass is 343 g/mol. The molecule has 0 aliphatic carbocycles. The fourth-order valence-corrected chi connectivity index (χ4v) is 2.36. The van der Waals surface area contributed by atoms with Crippen molar-refractivity contribution in [3.05, 3.63) is 83.3 Å². The van der Waals surface area contributed by atoms with E-state index in [0.717, 1.165) is 16.8 Å². The predicted octanol–water partition coefficient (Wildman–Crippen LogP) is 1.91. The molecule has 0 unspecified atom stereocenters. The summed E-state index contributed by atoms with van der Waals surface area (Å²) in [6, 6.07) is 15.6. The minimum Gasteiger partial charge on any atom is -0.478 e. The van der Waals surface area contributed by atoms with Gasteiger partial charge in [0.1, 0.15) is 5.82 Å². The summed E-state index contributed by atoms with van der Waals surface area (Å²) in [5.74, 6) is -0.342. The number of benzene rings is 2. The van der Waals surface area contributed by atoms with Crippen LogP contribution in [0.5, 0.6) is 0 Å². The Labute approximate surface area is 149 Å². The lowest BCUT2D eigenvalue weighted by Gasteiger charge is -1.97. The molecule has 0 radical (unpaired) electrons. The van der Waals surface area contributed by atoms with Gasteiger partial charge in [-0.1, -0.05) is 12.1 Å². The second-order valence-electron chi connectivity index (χ2n) is 5.54. The van der Waals surface area contributed by atoms with E-state index < -0.39 is 5.97 Å². The van der Waals surface area contributed by atoms with Crippen LogP contribution < -0.4 is 5.41 Å². The number of nitriles is 1. The highest BCUT2D eigenvalue weighted by atomic mass is 16.4. The molecule has 6 heteroatoms. The van der Waals surface area contributed by atoms with E-state index >= 15 is 0 Å². The minimum absolute atomic E-state index is 0.212. The molecule has 0 aliphatic rings. The van der Waals surface area contributed by atoms with Gasteiger partial charge in [0.25, 0.3) is 0 Å². The molecule has 0 fully saturated rings. The summed E-state index contributed by atoms with van der Waals surface area (Å²) in [5.41, 5.74) is 3.80. The van der Waals surface area contributed by atoms with Crippen molar-refractivity contribution in [2.24, 2.45) is 0 Å². The van der Waals surface area contributed by atoms with E-state index in [1.54, 1.807) is 42.6 Å². The predicted molar refractivity (Wildman–Crippen MR) is 97.2 cm³/mol. The van der Waals surface area contributed by atoms with Gasteiger partial charge in [-0.3, -0.25) is 5.41 Å². The topological polar surface area (TPSA) is 115 Å². The fourth-order valence-electron chi connectivity index (χ4n) is 2.36. The molecular weight excluding hydrogens is 328 g/mol. The molecule has 2 aromatic carbocycles. The zero-order valence-electron chi connectivity index (χ0n) is 13.7. The zero-order chi connectivity index (χ0) is 18.5. The molecule has 0 aliphatic heterocycles. The normalized spacial score (nSPS) is 10.6. The van der Waals surface area contributed by atoms with Crippen LogP contribution in [0.3, 0.4) is 0 Å². The van der Waals surface area contributed by atoms with E-state index in [0.29, 0.717) is 17.1 Å². The number of aromatic amines is 1. The maximum absolute atomic E-state index is 10.9. The van der Waals surface area contributed by atoms with Gasteiger partial charge in [-0.2, -0.15) is 5.26 Å². The van der Waals surface area contributed by atoms with Crippen LogP contribution in [0.4, 0.5) is 0 Å². The average molecular weight is 343 g/mol. The second kappa shape index (κ2) is 7.28. The summed E-state index contributed by atoms with van der Waals surface area (Å²) < 4.78 is 0. The number of nitrogens with zero attached hydrogens (tertiary/aromatic N) is 2. The number of nitrogens with one attached hydrogen (secondary N) is 1. The van der Waals surface area contributed by atoms with Crippen LogP contribution in [0.15, 0.2) is 60.8 Å². The van der Waals surface area contributed by atoms with E-state index in [4.69, 9.17) is 15.8 Å². The van der Waals surface area contributed by atoms with E-state index in [-0.39, 0.29) is 5.56 Å². The van der Waals surface area contributed by atoms with Crippen LogP contribution in [0.2, 0.25) is 0 Å². The van der Waals surface area contributed by atoms with Crippen LogP contribution in [0.25, 0.3) is 17.3 Å². The maximum atomic E-state index is 10.9. The third-order valence-corrected chi connectivity index (χ3v) is 3.81. The molecule has 6 nitrogen and oxygen atoms in total. The number of carboxylic acid groups (broad SMARTS) is 1. The van der Waals surface area contributed by atoms with Gasteiger partial charge in [0.05, 0.1) is 29.1 Å². The first-order chi connectivity index (χ1) is 12.6. The highest BCUT2D eigenvalue weighted by Gasteiger charge is 2.07. The Morgan fingerprint density at radius 1 is 1.12 bits per heavy atom. The molecule has 3 rings (SSSR count). The summed E-state index contributed by atoms with van der Waals surface area (Å²) >= 11 is 0. The number of rotatable bonds is 5. The lowest BCUT2D eigenvalue weighted by atomic mass is 10.1. The van der Waals surface area contributed by atoms with Crippen LogP contribution in [-0.2, 0) is 0 Å². The first-order valence-corrected chi connectivity index (χ1v) is 7.76. The molecule has 26 heavy (non-hydrogen) atoms. The van der Waals surface area contributed by atoms with Crippen molar-refractivity contribution in [1.82, 2.24) is 9.97 Å². The fraction of sp³-hybridized carbons (Fsp3) is 0. The Morgan fingerprint density at radius 2 is 1.77 bits per heavy atom. The van der Waals surface area contributed by atoms with Gasteiger partial charge < -0.3 is 10.1 Å². The van der Waals surface area contributed by atoms with E-state index in [1.165, 1.54) is 12.1 Å². The van der Waals surface area contributed by atoms with Gasteiger partial charge in [-0.15, -0.1) is 0 Å². The summed E-state index contributed by atoms with van der Waals surface area (Å²) in [6.07, 6.45) is 5.16. The van der Waals surface area contributed by atoms with Crippen LogP contribution in [-0.4, -0.2) is 26.8 Å². The SMILES string of the molecule is N#Cc1ccc(-c2cnc(/C=C\C(=[NH2+])c3ccc(C(=O)O)cc3)[nH]2)cc1. The molecule has 0 spiro atoms. The quantitative estimate of drug-likeness (QED) is 0.614. The molecule has 126 valence electrons. The van der Waals surface area contributed by atoms with Gasteiger partial charge in [-0.05, 0) is 48.0 Å². The van der Waals surface area contributed by atoms with Crippen molar-refractivity contribution in [3.8, 4) is 17.3 Å². The zero-order valence-corrected chi connectivity index (χ0v) is 13.7. The Hall–Kier alpha value is -3.98. The first-order valence-electron chi connectivity index (χ1n) is 7.76. The van der Waals surface area contributed by atoms with Crippen LogP contribution >= 0.6 is 0 Å². The Bertz CT molecular complexity index is 1020. The number of aromatic carboxylic acids is 1. The summed E-state index contributed by atoms with van der Waals surface area (Å²) in [4.78, 5) is 18.3. The van der Waals surface area contributed by atoms with Gasteiger partial charge in [0.15, 0.2) is 0 Å². The Kier molecular flexibility index (Phi) is 4.72. The van der Waals surface area contributed by atoms with E-state index in [1.807, 2.05) is 12.1 Å². The average Bonchev–Trinajstić information content (AvgIpc) is 3.15. The van der Waals surface area contributed by atoms with Gasteiger partial charge in [0.2, 0.25) is 5.71 Å². The summed E-state index contributed by atoms with van der Waals surface area (Å²) in [5, 5.41) is 23.8. The maximum Gasteiger partial charge on any atom is 0.335 e. The smallest absolute Gasteiger partial charge is 0.335 e. The number of hydrogen-bond acceptors (Lipinski definition) is 3. The number of carbonyl (C=O) groups is 1. The highest BCUT2D eigenvalue weighted by Crippen LogP contribution is 2.18. The van der Waals surface area contributed by atoms with Gasteiger partial charge >= 0.3 is 5.97 Å². The Balaban J connectivity index is 1.72. The molecule has 0 saturated carbocycles. The molecule has 0 saturated heterocycles. The van der Waals surface area contributed by atoms with E-state index in [2.05, 4.69) is 16.0 Å². The molecule has 0 amide bonds. The molecule has 1 aromatic heterocycles. The van der Waals surface area contributed by atoms with Crippen molar-refractivity contribution < 1.29 is 15.3 Å². The summed E-state index contributed by atoms with van der Waals surface area (Å²) in [7, 11) is 0. The summed E-state index contributed by atoms with van der Waals surface area (Å²) in [6.45, 7) is 0. The highest BCUT2D eigenvalue weighted by molar-refractivity contribution is 6.06. The third kappa shape index (κ3) is 3.74. The molecule has 0 atom stereocenters. The molecule has 1 heterocycles. The molecule has 0 bridgehead atoms. The van der Waals surface area contributed by atoms with Gasteiger partial charge in [0, 0.05) is 11.6 Å². The number of allylic oxidation sites excluding steroid dienone is 1. The van der Waals surface area contributed by atoms with Crippen molar-refractivity contribution in [3.63, 3.8) is 0 Å². The largest absolute Gasteiger partial charge is 0.478 e. The minimum atomic E-state index is -0.975. The third-order valence-electron chi connectivity index (χ3n) is 3.81. The van der Waals surface area contributed by atoms with Crippen molar-refractivity contribution in [2.45, 2.75) is 0 Å². The lowest BCUT2D eigenvalue weighted by molar-refractivity contribution is -0.110. The van der Waals surface area contributed by atoms with Crippen molar-refractivity contribution >= 4 is 17.8 Å². The number of carboxylic acids is 1. The van der Waals surface area contributed by atoms with Gasteiger partial charge in [-0.25, -0.2) is 9.78 Å². The standard InChI is InChI=1S/C20H14N4O2/c21-11-13-1-3-15(4-2-13)18-12-23-19(24-18)10-9-17(22)14-5-7-16(8-6-14)20(25)26/h1-10,12,22H,(H,23,24)(H,25,26)/p+1/b10-9-,22-17?. The number of H-pyrrole nitrogens is 1. The number of imidazole rings is 1. The van der Waals surface area contributed by atoms with E-state index in [9.17, 15) is 4.79 Å². The lowest BCUT2D eigenvalue weighted by Crippen LogP contribution is -2.38.